The number of nitro benzene ring substituents is 1. The van der Waals surface area contributed by atoms with Crippen molar-refractivity contribution in [1.29, 1.82) is 5.26 Å². The fraction of sp³-hybridized carbons (Fsp3) is 0.111. The van der Waals surface area contributed by atoms with E-state index >= 15 is 0 Å². The van der Waals surface area contributed by atoms with Crippen molar-refractivity contribution < 1.29 is 9.72 Å². The molecule has 5 nitrogen and oxygen atoms in total. The molecule has 0 aliphatic carbocycles. The van der Waals surface area contributed by atoms with E-state index in [9.17, 15) is 14.9 Å². The lowest BCUT2D eigenvalue weighted by Gasteiger charge is -2.03. The Bertz CT molecular complexity index is 510. The monoisotopic (exact) mass is 350 g/mol. The maximum atomic E-state index is 11.4. The minimum atomic E-state index is -0.692. The van der Waals surface area contributed by atoms with Crippen molar-refractivity contribution in [2.45, 2.75) is 0 Å². The zero-order valence-electron chi connectivity index (χ0n) is 7.74. The van der Waals surface area contributed by atoms with Gasteiger partial charge in [0, 0.05) is 9.64 Å². The van der Waals surface area contributed by atoms with Crippen molar-refractivity contribution in [2.75, 3.05) is 5.88 Å². The van der Waals surface area contributed by atoms with Gasteiger partial charge in [0.15, 0.2) is 5.78 Å². The van der Waals surface area contributed by atoms with Gasteiger partial charge in [0.25, 0.3) is 5.69 Å². The van der Waals surface area contributed by atoms with E-state index in [1.165, 1.54) is 12.1 Å². The van der Waals surface area contributed by atoms with Crippen molar-refractivity contribution in [2.24, 2.45) is 0 Å². The molecule has 1 rings (SSSR count). The number of benzene rings is 1. The Kier molecular flexibility index (Phi) is 4.20. The van der Waals surface area contributed by atoms with Gasteiger partial charge in [-0.15, -0.1) is 11.6 Å². The van der Waals surface area contributed by atoms with E-state index in [0.29, 0.717) is 3.57 Å². The van der Waals surface area contributed by atoms with Crippen molar-refractivity contribution in [3.63, 3.8) is 0 Å². The zero-order valence-corrected chi connectivity index (χ0v) is 10.7. The summed E-state index contributed by atoms with van der Waals surface area (Å²) in [7, 11) is 0. The maximum absolute atomic E-state index is 11.4. The molecule has 0 fully saturated rings. The van der Waals surface area contributed by atoms with Gasteiger partial charge >= 0.3 is 0 Å². The maximum Gasteiger partial charge on any atom is 0.282 e. The Morgan fingerprint density at radius 2 is 2.25 bits per heavy atom. The molecule has 1 aromatic rings. The number of carbonyl (C=O) groups is 1. The number of alkyl halides is 1. The predicted octanol–water partition coefficient (Wildman–Crippen LogP) is 2.49. The summed E-state index contributed by atoms with van der Waals surface area (Å²) in [6.07, 6.45) is 0. The van der Waals surface area contributed by atoms with E-state index < -0.39 is 16.6 Å². The van der Waals surface area contributed by atoms with Crippen molar-refractivity contribution >= 4 is 45.7 Å². The van der Waals surface area contributed by atoms with Gasteiger partial charge < -0.3 is 0 Å². The van der Waals surface area contributed by atoms with Crippen LogP contribution < -0.4 is 0 Å². The third-order valence-corrected chi connectivity index (χ3v) is 2.67. The van der Waals surface area contributed by atoms with Crippen LogP contribution in [0.3, 0.4) is 0 Å². The van der Waals surface area contributed by atoms with Crippen molar-refractivity contribution in [3.8, 4) is 6.07 Å². The molecule has 0 heterocycles. The lowest BCUT2D eigenvalue weighted by atomic mass is 10.0. The van der Waals surface area contributed by atoms with Crippen LogP contribution >= 0.6 is 34.2 Å². The van der Waals surface area contributed by atoms with Gasteiger partial charge in [-0.3, -0.25) is 14.9 Å². The van der Waals surface area contributed by atoms with Crippen LogP contribution in [0.5, 0.6) is 0 Å². The third kappa shape index (κ3) is 2.48. The Labute approximate surface area is 109 Å². The molecule has 82 valence electrons. The molecule has 0 saturated heterocycles. The Hall–Kier alpha value is -1.20. The zero-order chi connectivity index (χ0) is 12.3. The Morgan fingerprint density at radius 3 is 2.69 bits per heavy atom. The van der Waals surface area contributed by atoms with E-state index in [-0.39, 0.29) is 16.8 Å². The average Bonchev–Trinajstić information content (AvgIpc) is 2.26. The fourth-order valence-electron chi connectivity index (χ4n) is 1.18. The van der Waals surface area contributed by atoms with Gasteiger partial charge in [0.05, 0.1) is 16.4 Å². The lowest BCUT2D eigenvalue weighted by molar-refractivity contribution is -0.385. The van der Waals surface area contributed by atoms with Gasteiger partial charge in [0.1, 0.15) is 11.6 Å². The van der Waals surface area contributed by atoms with Gasteiger partial charge in [0.2, 0.25) is 0 Å². The van der Waals surface area contributed by atoms with E-state index in [2.05, 4.69) is 0 Å². The minimum Gasteiger partial charge on any atom is -0.293 e. The standard InChI is InChI=1S/C9H4ClIN2O3/c10-3-8(14)9-5(4-12)1-6(11)2-7(9)13(15)16/h1-2H,3H2. The molecule has 7 heteroatoms. The molecule has 0 N–H and O–H groups in total. The number of hydrogen-bond acceptors (Lipinski definition) is 4. The van der Waals surface area contributed by atoms with E-state index in [4.69, 9.17) is 16.9 Å². The molecule has 0 aliphatic rings. The molecule has 0 unspecified atom stereocenters. The number of nitriles is 1. The summed E-state index contributed by atoms with van der Waals surface area (Å²) in [6, 6.07) is 4.41. The highest BCUT2D eigenvalue weighted by molar-refractivity contribution is 14.1. The van der Waals surface area contributed by atoms with Crippen LogP contribution in [0.15, 0.2) is 12.1 Å². The third-order valence-electron chi connectivity index (χ3n) is 1.80. The second kappa shape index (κ2) is 5.23. The van der Waals surface area contributed by atoms with Crippen LogP contribution in [0.25, 0.3) is 0 Å². The van der Waals surface area contributed by atoms with Crippen LogP contribution in [0.1, 0.15) is 15.9 Å². The average molecular weight is 350 g/mol. The van der Waals surface area contributed by atoms with Crippen LogP contribution in [0.2, 0.25) is 0 Å². The van der Waals surface area contributed by atoms with Crippen molar-refractivity contribution in [1.82, 2.24) is 0 Å². The molecular weight excluding hydrogens is 346 g/mol. The summed E-state index contributed by atoms with van der Waals surface area (Å²) in [4.78, 5) is 21.5. The first-order valence-corrected chi connectivity index (χ1v) is 5.59. The number of rotatable bonds is 3. The number of hydrogen-bond donors (Lipinski definition) is 0. The van der Waals surface area contributed by atoms with E-state index in [1.807, 2.05) is 22.6 Å². The highest BCUT2D eigenvalue weighted by atomic mass is 127. The molecular formula is C9H4ClIN2O3. The van der Waals surface area contributed by atoms with E-state index in [1.54, 1.807) is 6.07 Å². The number of nitro groups is 1. The number of carbonyl (C=O) groups excluding carboxylic acids is 1. The van der Waals surface area contributed by atoms with Crippen LogP contribution in [-0.2, 0) is 0 Å². The van der Waals surface area contributed by atoms with Crippen LogP contribution in [0, 0.1) is 25.0 Å². The number of halogens is 2. The molecule has 0 radical (unpaired) electrons. The van der Waals surface area contributed by atoms with Gasteiger partial charge in [-0.25, -0.2) is 0 Å². The van der Waals surface area contributed by atoms with Gasteiger partial charge in [-0.1, -0.05) is 0 Å². The summed E-state index contributed by atoms with van der Waals surface area (Å²) >= 11 is 7.19. The first-order chi connectivity index (χ1) is 7.51. The van der Waals surface area contributed by atoms with Gasteiger partial charge in [-0.2, -0.15) is 5.26 Å². The largest absolute Gasteiger partial charge is 0.293 e. The topological polar surface area (TPSA) is 84.0 Å². The number of ketones is 1. The SMILES string of the molecule is N#Cc1cc(I)cc([N+](=O)[O-])c1C(=O)CCl. The second-order valence-corrected chi connectivity index (χ2v) is 4.29. The molecule has 0 spiro atoms. The predicted molar refractivity (Wildman–Crippen MR) is 65.6 cm³/mol. The fourth-order valence-corrected chi connectivity index (χ4v) is 1.92. The molecule has 16 heavy (non-hydrogen) atoms. The first kappa shape index (κ1) is 12.9. The highest BCUT2D eigenvalue weighted by Crippen LogP contribution is 2.26. The van der Waals surface area contributed by atoms with Gasteiger partial charge in [-0.05, 0) is 28.7 Å². The van der Waals surface area contributed by atoms with Crippen molar-refractivity contribution in [3.05, 3.63) is 36.9 Å². The Morgan fingerprint density at radius 1 is 1.62 bits per heavy atom. The van der Waals surface area contributed by atoms with Crippen LogP contribution in [-0.4, -0.2) is 16.6 Å². The molecule has 0 saturated carbocycles. The normalized spacial score (nSPS) is 9.56. The number of Topliss-reactive ketones (excluding diaryl/α,β-unsaturated/α-hetero) is 1. The molecule has 0 bridgehead atoms. The molecule has 0 aromatic heterocycles. The highest BCUT2D eigenvalue weighted by Gasteiger charge is 2.24. The second-order valence-electron chi connectivity index (χ2n) is 2.77. The molecule has 1 aromatic carbocycles. The van der Waals surface area contributed by atoms with E-state index in [0.717, 1.165) is 0 Å². The summed E-state index contributed by atoms with van der Waals surface area (Å²) < 4.78 is 0.520. The summed E-state index contributed by atoms with van der Waals surface area (Å²) in [5.41, 5.74) is -0.624. The molecule has 0 atom stereocenters. The summed E-state index contributed by atoms with van der Waals surface area (Å²) in [6.45, 7) is 0. The lowest BCUT2D eigenvalue weighted by Crippen LogP contribution is -2.08. The Balaban J connectivity index is 3.59. The summed E-state index contributed by atoms with van der Waals surface area (Å²) in [5.74, 6) is -1.02. The van der Waals surface area contributed by atoms with Crippen LogP contribution in [0.4, 0.5) is 5.69 Å². The quantitative estimate of drug-likeness (QED) is 0.276. The first-order valence-electron chi connectivity index (χ1n) is 3.98. The number of nitrogens with zero attached hydrogens (tertiary/aromatic N) is 2. The summed E-state index contributed by atoms with van der Waals surface area (Å²) in [5, 5.41) is 19.6. The molecule has 0 aliphatic heterocycles. The smallest absolute Gasteiger partial charge is 0.282 e. The minimum absolute atomic E-state index is 0.0238. The molecule has 0 amide bonds.